The molecule has 0 atom stereocenters. The molecular weight excluding hydrogens is 504 g/mol. The van der Waals surface area contributed by atoms with E-state index in [9.17, 15) is 4.79 Å². The van der Waals surface area contributed by atoms with Crippen LogP contribution in [0.5, 0.6) is 28.7 Å². The molecule has 5 aromatic rings. The Balaban J connectivity index is 1.32. The predicted octanol–water partition coefficient (Wildman–Crippen LogP) is 7.82. The average molecular weight is 527 g/mol. The second-order valence-corrected chi connectivity index (χ2v) is 8.61. The smallest absolute Gasteiger partial charge is 0.323 e. The van der Waals surface area contributed by atoms with Crippen molar-refractivity contribution in [3.05, 3.63) is 114 Å². The Hall–Kier alpha value is -5.99. The van der Waals surface area contributed by atoms with E-state index in [0.29, 0.717) is 51.2 Å². The zero-order chi connectivity index (χ0) is 27.9. The summed E-state index contributed by atoms with van der Waals surface area (Å²) in [5.74, 6) is 2.60. The number of hydrogen-bond acceptors (Lipinski definition) is 6. The van der Waals surface area contributed by atoms with Gasteiger partial charge in [-0.2, -0.15) is 10.5 Å². The molecule has 194 valence electrons. The second-order valence-electron chi connectivity index (χ2n) is 8.61. The SMILES string of the molecule is COc1ccc(NC(=O)Nc2cccc3ccc(Oc4ccc(C#N)cc4)cc23)cc1Oc1ccc(C#N)cc1. The Morgan fingerprint density at radius 3 is 1.98 bits per heavy atom. The standard InChI is InChI=1S/C32H22N4O4/c1-38-30-16-10-24(17-31(30)40-26-13-7-22(20-34)8-14-26)35-32(37)36-29-4-2-3-23-9-15-27(18-28(23)29)39-25-11-5-21(19-33)6-12-25/h2-18H,1H3,(H2,35,36,37). The van der Waals surface area contributed by atoms with Gasteiger partial charge in [0.2, 0.25) is 0 Å². The monoisotopic (exact) mass is 526 g/mol. The molecule has 2 N–H and O–H groups in total. The summed E-state index contributed by atoms with van der Waals surface area (Å²) in [7, 11) is 1.53. The number of carbonyl (C=O) groups excluding carboxylic acids is 1. The van der Waals surface area contributed by atoms with Crippen LogP contribution in [0.2, 0.25) is 0 Å². The van der Waals surface area contributed by atoms with Gasteiger partial charge in [-0.1, -0.05) is 18.2 Å². The van der Waals surface area contributed by atoms with E-state index < -0.39 is 6.03 Å². The topological polar surface area (TPSA) is 116 Å². The second kappa shape index (κ2) is 11.6. The number of carbonyl (C=O) groups is 1. The summed E-state index contributed by atoms with van der Waals surface area (Å²) < 4.78 is 17.3. The Kier molecular flexibility index (Phi) is 7.44. The number of ether oxygens (including phenoxy) is 3. The van der Waals surface area contributed by atoms with Crippen LogP contribution in [0.1, 0.15) is 11.1 Å². The maximum Gasteiger partial charge on any atom is 0.323 e. The molecule has 5 rings (SSSR count). The van der Waals surface area contributed by atoms with Crippen molar-refractivity contribution in [1.29, 1.82) is 10.5 Å². The van der Waals surface area contributed by atoms with Gasteiger partial charge in [-0.25, -0.2) is 4.79 Å². The first-order chi connectivity index (χ1) is 19.5. The molecule has 0 aliphatic carbocycles. The number of anilines is 2. The van der Waals surface area contributed by atoms with Crippen LogP contribution in [0.3, 0.4) is 0 Å². The molecule has 2 amide bonds. The number of hydrogen-bond donors (Lipinski definition) is 2. The van der Waals surface area contributed by atoms with Gasteiger partial charge >= 0.3 is 6.03 Å². The highest BCUT2D eigenvalue weighted by atomic mass is 16.5. The zero-order valence-electron chi connectivity index (χ0n) is 21.3. The summed E-state index contributed by atoms with van der Waals surface area (Å²) in [6.45, 7) is 0. The average Bonchev–Trinajstić information content (AvgIpc) is 2.98. The van der Waals surface area contributed by atoms with Crippen molar-refractivity contribution in [1.82, 2.24) is 0 Å². The molecule has 0 unspecified atom stereocenters. The van der Waals surface area contributed by atoms with Gasteiger partial charge in [0.15, 0.2) is 11.5 Å². The van der Waals surface area contributed by atoms with E-state index in [-0.39, 0.29) is 0 Å². The quantitative estimate of drug-likeness (QED) is 0.223. The Labute approximate surface area is 230 Å². The fraction of sp³-hybridized carbons (Fsp3) is 0.0312. The van der Waals surface area contributed by atoms with Crippen LogP contribution < -0.4 is 24.8 Å². The number of methoxy groups -OCH3 is 1. The first-order valence-electron chi connectivity index (χ1n) is 12.2. The normalized spacial score (nSPS) is 10.2. The van der Waals surface area contributed by atoms with Gasteiger partial charge in [-0.05, 0) is 84.2 Å². The number of amides is 2. The molecule has 0 spiro atoms. The van der Waals surface area contributed by atoms with Crippen molar-refractivity contribution >= 4 is 28.2 Å². The van der Waals surface area contributed by atoms with Crippen molar-refractivity contribution in [2.45, 2.75) is 0 Å². The number of benzene rings is 5. The van der Waals surface area contributed by atoms with E-state index >= 15 is 0 Å². The van der Waals surface area contributed by atoms with Gasteiger partial charge in [0.25, 0.3) is 0 Å². The van der Waals surface area contributed by atoms with Gasteiger partial charge in [0, 0.05) is 17.1 Å². The third-order valence-corrected chi connectivity index (χ3v) is 5.95. The van der Waals surface area contributed by atoms with Gasteiger partial charge in [0.1, 0.15) is 17.2 Å². The lowest BCUT2D eigenvalue weighted by Gasteiger charge is -2.14. The summed E-state index contributed by atoms with van der Waals surface area (Å²) in [6, 6.07) is 33.5. The molecule has 40 heavy (non-hydrogen) atoms. The third kappa shape index (κ3) is 5.94. The fourth-order valence-electron chi connectivity index (χ4n) is 4.00. The first-order valence-corrected chi connectivity index (χ1v) is 12.2. The number of fused-ring (bicyclic) bond motifs is 1. The summed E-state index contributed by atoms with van der Waals surface area (Å²) in [5, 5.41) is 25.5. The van der Waals surface area contributed by atoms with Crippen LogP contribution in [0.15, 0.2) is 103 Å². The lowest BCUT2D eigenvalue weighted by atomic mass is 10.1. The number of nitriles is 2. The van der Waals surface area contributed by atoms with E-state index in [1.807, 2.05) is 30.3 Å². The molecule has 0 aliphatic rings. The maximum absolute atomic E-state index is 13.0. The zero-order valence-corrected chi connectivity index (χ0v) is 21.3. The van der Waals surface area contributed by atoms with Crippen LogP contribution in [0.25, 0.3) is 10.8 Å². The molecule has 0 saturated heterocycles. The third-order valence-electron chi connectivity index (χ3n) is 5.95. The van der Waals surface area contributed by atoms with E-state index in [2.05, 4.69) is 22.8 Å². The fourth-order valence-corrected chi connectivity index (χ4v) is 4.00. The molecule has 0 radical (unpaired) electrons. The molecule has 0 fully saturated rings. The van der Waals surface area contributed by atoms with E-state index in [0.717, 1.165) is 10.8 Å². The number of nitrogens with one attached hydrogen (secondary N) is 2. The minimum Gasteiger partial charge on any atom is -0.493 e. The number of urea groups is 1. The highest BCUT2D eigenvalue weighted by molar-refractivity contribution is 6.06. The molecule has 8 nitrogen and oxygen atoms in total. The van der Waals surface area contributed by atoms with Crippen LogP contribution in [-0.2, 0) is 0 Å². The van der Waals surface area contributed by atoms with E-state index in [1.54, 1.807) is 72.8 Å². The summed E-state index contributed by atoms with van der Waals surface area (Å²) in [4.78, 5) is 13.0. The molecular formula is C32H22N4O4. The molecule has 8 heteroatoms. The highest BCUT2D eigenvalue weighted by Gasteiger charge is 2.12. The molecule has 5 aromatic carbocycles. The van der Waals surface area contributed by atoms with Gasteiger partial charge < -0.3 is 24.8 Å². The van der Waals surface area contributed by atoms with Crippen LogP contribution in [0, 0.1) is 22.7 Å². The number of rotatable bonds is 7. The Morgan fingerprint density at radius 2 is 1.32 bits per heavy atom. The summed E-state index contributed by atoms with van der Waals surface area (Å²) >= 11 is 0. The highest BCUT2D eigenvalue weighted by Crippen LogP contribution is 2.35. The van der Waals surface area contributed by atoms with Crippen LogP contribution in [-0.4, -0.2) is 13.1 Å². The Bertz CT molecular complexity index is 1770. The van der Waals surface area contributed by atoms with Gasteiger partial charge in [-0.15, -0.1) is 0 Å². The van der Waals surface area contributed by atoms with Crippen LogP contribution >= 0.6 is 0 Å². The molecule has 0 aliphatic heterocycles. The first kappa shape index (κ1) is 25.7. The van der Waals surface area contributed by atoms with Gasteiger partial charge in [-0.3, -0.25) is 0 Å². The van der Waals surface area contributed by atoms with Crippen molar-refractivity contribution in [2.24, 2.45) is 0 Å². The van der Waals surface area contributed by atoms with E-state index in [1.165, 1.54) is 7.11 Å². The van der Waals surface area contributed by atoms with Crippen molar-refractivity contribution < 1.29 is 19.0 Å². The summed E-state index contributed by atoms with van der Waals surface area (Å²) in [6.07, 6.45) is 0. The lowest BCUT2D eigenvalue weighted by Crippen LogP contribution is -2.19. The van der Waals surface area contributed by atoms with Crippen molar-refractivity contribution in [3.8, 4) is 40.9 Å². The predicted molar refractivity (Wildman–Crippen MR) is 152 cm³/mol. The molecule has 0 aromatic heterocycles. The lowest BCUT2D eigenvalue weighted by molar-refractivity contribution is 0.262. The minimum absolute atomic E-state index is 0.403. The van der Waals surface area contributed by atoms with E-state index in [4.69, 9.17) is 24.7 Å². The van der Waals surface area contributed by atoms with Crippen molar-refractivity contribution in [3.63, 3.8) is 0 Å². The number of nitrogens with zero attached hydrogens (tertiary/aromatic N) is 2. The molecule has 0 saturated carbocycles. The largest absolute Gasteiger partial charge is 0.493 e. The molecule has 0 bridgehead atoms. The minimum atomic E-state index is -0.444. The molecule has 0 heterocycles. The summed E-state index contributed by atoms with van der Waals surface area (Å²) in [5.41, 5.74) is 2.16. The van der Waals surface area contributed by atoms with Gasteiger partial charge in [0.05, 0.1) is 36.1 Å². The Morgan fingerprint density at radius 1 is 0.675 bits per heavy atom. The van der Waals surface area contributed by atoms with Crippen molar-refractivity contribution in [2.75, 3.05) is 17.7 Å². The van der Waals surface area contributed by atoms with Crippen LogP contribution in [0.4, 0.5) is 16.2 Å². The maximum atomic E-state index is 13.0.